The molecule has 0 spiro atoms. The molecule has 0 atom stereocenters. The van der Waals surface area contributed by atoms with Crippen molar-refractivity contribution < 1.29 is 63.0 Å². The van der Waals surface area contributed by atoms with Crippen LogP contribution in [-0.2, 0) is 32.3 Å². The molecule has 0 N–H and O–H groups in total. The second kappa shape index (κ2) is 11.9. The second-order valence-corrected chi connectivity index (χ2v) is 6.98. The van der Waals surface area contributed by atoms with E-state index in [9.17, 15) is 53.5 Å². The number of hydrogen-bond acceptors (Lipinski definition) is 4. The zero-order chi connectivity index (χ0) is 26.4. The topological polar surface area (TPSA) is 52.6 Å². The highest BCUT2D eigenvalue weighted by molar-refractivity contribution is 5.70. The number of rotatable bonds is 10. The van der Waals surface area contributed by atoms with Crippen molar-refractivity contribution in [3.63, 3.8) is 0 Å². The van der Waals surface area contributed by atoms with E-state index < -0.39 is 94.5 Å². The van der Waals surface area contributed by atoms with E-state index in [1.54, 1.807) is 0 Å². The number of hydrogen-bond donors (Lipinski definition) is 0. The minimum Gasteiger partial charge on any atom is -0.461 e. The van der Waals surface area contributed by atoms with Crippen LogP contribution in [0.1, 0.15) is 43.2 Å². The fraction of sp³-hybridized carbons (Fsp3) is 0.333. The summed E-state index contributed by atoms with van der Waals surface area (Å²) in [5.74, 6) is -24.1. The van der Waals surface area contributed by atoms with Gasteiger partial charge in [-0.1, -0.05) is 6.42 Å². The predicted octanol–water partition coefficient (Wildman–Crippen LogP) is 5.81. The largest absolute Gasteiger partial charge is 0.461 e. The molecule has 4 nitrogen and oxygen atoms in total. The summed E-state index contributed by atoms with van der Waals surface area (Å²) in [5.41, 5.74) is -2.66. The Hall–Kier alpha value is -3.32. The number of benzene rings is 2. The molecule has 2 aromatic carbocycles. The molecule has 2 rings (SSSR count). The third-order valence-corrected chi connectivity index (χ3v) is 4.62. The van der Waals surface area contributed by atoms with Gasteiger partial charge in [0.2, 0.25) is 11.6 Å². The highest BCUT2D eigenvalue weighted by Crippen LogP contribution is 2.25. The first kappa shape index (κ1) is 27.9. The van der Waals surface area contributed by atoms with Crippen molar-refractivity contribution in [1.82, 2.24) is 0 Å². The molecule has 0 saturated carbocycles. The fourth-order valence-electron chi connectivity index (χ4n) is 2.72. The summed E-state index contributed by atoms with van der Waals surface area (Å²) in [6.45, 7) is -2.43. The molecule has 0 aliphatic carbocycles. The van der Waals surface area contributed by atoms with Crippen LogP contribution < -0.4 is 0 Å². The Morgan fingerprint density at radius 2 is 0.686 bits per heavy atom. The summed E-state index contributed by atoms with van der Waals surface area (Å²) >= 11 is 0. The van der Waals surface area contributed by atoms with Crippen LogP contribution in [0.2, 0.25) is 0 Å². The molecule has 0 aliphatic heterocycles. The number of carbonyl (C=O) groups excluding carboxylic acids is 2. The molecule has 0 heterocycles. The summed E-state index contributed by atoms with van der Waals surface area (Å²) in [6.07, 6.45) is -0.430. The van der Waals surface area contributed by atoms with Gasteiger partial charge >= 0.3 is 11.9 Å². The van der Waals surface area contributed by atoms with Crippen LogP contribution in [0.25, 0.3) is 0 Å². The Balaban J connectivity index is 1.73. The van der Waals surface area contributed by atoms with Crippen molar-refractivity contribution >= 4 is 11.9 Å². The highest BCUT2D eigenvalue weighted by atomic mass is 19.2. The second-order valence-electron chi connectivity index (χ2n) is 6.98. The van der Waals surface area contributed by atoms with Gasteiger partial charge in [-0.15, -0.1) is 0 Å². The number of unbranched alkanes of at least 4 members (excludes halogenated alkanes) is 2. The summed E-state index contributed by atoms with van der Waals surface area (Å²) in [7, 11) is 0. The number of ether oxygens (including phenoxy) is 2. The van der Waals surface area contributed by atoms with Gasteiger partial charge in [0.15, 0.2) is 46.5 Å². The van der Waals surface area contributed by atoms with E-state index >= 15 is 0 Å². The first-order valence-corrected chi connectivity index (χ1v) is 9.70. The molecule has 0 aromatic heterocycles. The fourth-order valence-corrected chi connectivity index (χ4v) is 2.72. The van der Waals surface area contributed by atoms with Crippen molar-refractivity contribution in [3.05, 3.63) is 69.3 Å². The molecule has 2 aromatic rings. The molecule has 0 fully saturated rings. The molecule has 35 heavy (non-hydrogen) atoms. The average Bonchev–Trinajstić information content (AvgIpc) is 2.83. The molecule has 0 saturated heterocycles. The van der Waals surface area contributed by atoms with Crippen LogP contribution in [0, 0.1) is 58.2 Å². The van der Waals surface area contributed by atoms with Gasteiger partial charge in [0.25, 0.3) is 0 Å². The van der Waals surface area contributed by atoms with Gasteiger partial charge in [-0.2, -0.15) is 0 Å². The first-order valence-electron chi connectivity index (χ1n) is 9.70. The molecule has 0 aliphatic rings. The summed E-state index contributed by atoms with van der Waals surface area (Å²) < 4.78 is 141. The van der Waals surface area contributed by atoms with E-state index in [1.807, 2.05) is 0 Å². The van der Waals surface area contributed by atoms with Gasteiger partial charge in [0.05, 0.1) is 11.1 Å². The van der Waals surface area contributed by atoms with Gasteiger partial charge in [0, 0.05) is 12.8 Å². The Morgan fingerprint density at radius 3 is 0.971 bits per heavy atom. The zero-order valence-electron chi connectivity index (χ0n) is 17.4. The van der Waals surface area contributed by atoms with Gasteiger partial charge < -0.3 is 9.47 Å². The molecular weight excluding hydrogens is 506 g/mol. The Bertz CT molecular complexity index is 991. The van der Waals surface area contributed by atoms with Crippen molar-refractivity contribution in [2.24, 2.45) is 0 Å². The summed E-state index contributed by atoms with van der Waals surface area (Å²) in [5, 5.41) is 0. The van der Waals surface area contributed by atoms with Gasteiger partial charge in [-0.3, -0.25) is 9.59 Å². The van der Waals surface area contributed by atoms with Crippen LogP contribution >= 0.6 is 0 Å². The monoisotopic (exact) mass is 520 g/mol. The zero-order valence-corrected chi connectivity index (χ0v) is 17.4. The van der Waals surface area contributed by atoms with Crippen molar-refractivity contribution in [2.75, 3.05) is 0 Å². The summed E-state index contributed by atoms with van der Waals surface area (Å²) in [6, 6.07) is 0. The highest BCUT2D eigenvalue weighted by Gasteiger charge is 2.27. The maximum absolute atomic E-state index is 13.5. The average molecular weight is 520 g/mol. The molecule has 192 valence electrons. The lowest BCUT2D eigenvalue weighted by Gasteiger charge is -2.10. The maximum atomic E-state index is 13.5. The normalized spacial score (nSPS) is 11.0. The molecule has 14 heteroatoms. The molecule has 0 bridgehead atoms. The predicted molar refractivity (Wildman–Crippen MR) is 95.1 cm³/mol. The minimum absolute atomic E-state index is 0.0564. The van der Waals surface area contributed by atoms with Crippen LogP contribution in [0.15, 0.2) is 0 Å². The number of carbonyl (C=O) groups is 2. The Morgan fingerprint density at radius 1 is 0.429 bits per heavy atom. The van der Waals surface area contributed by atoms with E-state index in [4.69, 9.17) is 0 Å². The minimum atomic E-state index is -2.36. The molecule has 0 radical (unpaired) electrons. The molecule has 0 amide bonds. The van der Waals surface area contributed by atoms with Gasteiger partial charge in [0.1, 0.15) is 13.2 Å². The lowest BCUT2D eigenvalue weighted by Crippen LogP contribution is -2.12. The molecular formula is C21H14F10O4. The maximum Gasteiger partial charge on any atom is 0.306 e. The third kappa shape index (κ3) is 6.42. The first-order chi connectivity index (χ1) is 16.4. The summed E-state index contributed by atoms with van der Waals surface area (Å²) in [4.78, 5) is 23.2. The lowest BCUT2D eigenvalue weighted by molar-refractivity contribution is -0.145. The Labute approximate surface area is 190 Å². The molecule has 0 unspecified atom stereocenters. The van der Waals surface area contributed by atoms with Crippen LogP contribution in [0.5, 0.6) is 0 Å². The van der Waals surface area contributed by atoms with Gasteiger partial charge in [-0.05, 0) is 12.8 Å². The van der Waals surface area contributed by atoms with Crippen molar-refractivity contribution in [3.8, 4) is 0 Å². The van der Waals surface area contributed by atoms with Crippen LogP contribution in [-0.4, -0.2) is 11.9 Å². The van der Waals surface area contributed by atoms with E-state index in [0.717, 1.165) is 0 Å². The number of esters is 2. The SMILES string of the molecule is O=C(CCCCCC(=O)OCc1c(F)c(F)c(F)c(F)c1F)OCc1c(F)c(F)c(F)c(F)c1F. The van der Waals surface area contributed by atoms with Crippen molar-refractivity contribution in [2.45, 2.75) is 45.3 Å². The van der Waals surface area contributed by atoms with E-state index in [1.165, 1.54) is 0 Å². The van der Waals surface area contributed by atoms with Crippen molar-refractivity contribution in [1.29, 1.82) is 0 Å². The quantitative estimate of drug-likeness (QED) is 0.130. The van der Waals surface area contributed by atoms with Gasteiger partial charge in [-0.25, -0.2) is 43.9 Å². The third-order valence-electron chi connectivity index (χ3n) is 4.62. The lowest BCUT2D eigenvalue weighted by atomic mass is 10.1. The standard InChI is InChI=1S/C21H14F10O4/c22-12-8(13(23)17(27)20(30)16(12)26)6-34-10(32)4-2-1-3-5-11(33)35-7-9-14(24)18(28)21(31)19(29)15(9)25/h1-7H2. The smallest absolute Gasteiger partial charge is 0.306 e. The number of halogens is 10. The van der Waals surface area contributed by atoms with Crippen LogP contribution in [0.3, 0.4) is 0 Å². The van der Waals surface area contributed by atoms with E-state index in [0.29, 0.717) is 0 Å². The van der Waals surface area contributed by atoms with E-state index in [-0.39, 0.29) is 32.1 Å². The van der Waals surface area contributed by atoms with Crippen LogP contribution in [0.4, 0.5) is 43.9 Å². The van der Waals surface area contributed by atoms with E-state index in [2.05, 4.69) is 9.47 Å². The Kier molecular flexibility index (Phi) is 9.48.